The number of hydrogen-bond donors (Lipinski definition) is 0. The first-order valence-corrected chi connectivity index (χ1v) is 10.4. The molecule has 4 rings (SSSR count). The van der Waals surface area contributed by atoms with Crippen LogP contribution in [0.15, 0.2) is 79.4 Å². The fourth-order valence-electron chi connectivity index (χ4n) is 3.10. The zero-order chi connectivity index (χ0) is 20.2. The average Bonchev–Trinajstić information content (AvgIpc) is 3.22. The Labute approximate surface area is 176 Å². The zero-order valence-corrected chi connectivity index (χ0v) is 17.6. The van der Waals surface area contributed by atoms with Crippen LogP contribution in [0.2, 0.25) is 0 Å². The molecule has 2 aromatic heterocycles. The van der Waals surface area contributed by atoms with E-state index in [0.717, 1.165) is 28.6 Å². The Kier molecular flexibility index (Phi) is 5.71. The molecule has 0 aliphatic carbocycles. The lowest BCUT2D eigenvalue weighted by atomic mass is 10.2. The summed E-state index contributed by atoms with van der Waals surface area (Å²) in [7, 11) is 0. The van der Waals surface area contributed by atoms with Crippen molar-refractivity contribution in [2.24, 2.45) is 5.10 Å². The Bertz CT molecular complexity index is 1230. The largest absolute Gasteiger partial charge is 0.455 e. The molecule has 29 heavy (non-hydrogen) atoms. The van der Waals surface area contributed by atoms with Crippen molar-refractivity contribution in [3.05, 3.63) is 87.1 Å². The first-order valence-electron chi connectivity index (χ1n) is 9.56. The summed E-state index contributed by atoms with van der Waals surface area (Å²) in [5.41, 5.74) is 1.48. The molecule has 0 saturated carbocycles. The lowest BCUT2D eigenvalue weighted by molar-refractivity contribution is 0.573. The first-order chi connectivity index (χ1) is 14.2. The van der Waals surface area contributed by atoms with E-state index in [0.29, 0.717) is 28.9 Å². The SMILES string of the molecule is CCCCc1nc2ccc(Br)cc2c(=O)n1N=Cc1ccc(-c2ccccc2)o1. The van der Waals surface area contributed by atoms with E-state index < -0.39 is 0 Å². The van der Waals surface area contributed by atoms with Gasteiger partial charge in [0.05, 0.1) is 17.1 Å². The molecule has 0 atom stereocenters. The standard InChI is InChI=1S/C23H20BrN3O2/c1-2-3-9-22-26-20-12-10-17(24)14-19(20)23(28)27(22)25-15-18-11-13-21(29-18)16-7-5-4-6-8-16/h4-8,10-15H,2-3,9H2,1H3. The van der Waals surface area contributed by atoms with Gasteiger partial charge >= 0.3 is 0 Å². The Morgan fingerprint density at radius 1 is 1.14 bits per heavy atom. The van der Waals surface area contributed by atoms with Crippen LogP contribution in [0.5, 0.6) is 0 Å². The predicted octanol–water partition coefficient (Wildman–Crippen LogP) is 5.64. The second kappa shape index (κ2) is 8.57. The molecule has 146 valence electrons. The van der Waals surface area contributed by atoms with E-state index in [1.807, 2.05) is 54.6 Å². The fraction of sp³-hybridized carbons (Fsp3) is 0.174. The molecule has 0 N–H and O–H groups in total. The van der Waals surface area contributed by atoms with Crippen LogP contribution < -0.4 is 5.56 Å². The van der Waals surface area contributed by atoms with Crippen LogP contribution >= 0.6 is 15.9 Å². The van der Waals surface area contributed by atoms with Crippen LogP contribution in [0.4, 0.5) is 0 Å². The molecule has 5 nitrogen and oxygen atoms in total. The van der Waals surface area contributed by atoms with Gasteiger partial charge < -0.3 is 4.42 Å². The van der Waals surface area contributed by atoms with Crippen molar-refractivity contribution in [2.75, 3.05) is 0 Å². The van der Waals surface area contributed by atoms with Crippen LogP contribution in [0, 0.1) is 0 Å². The van der Waals surface area contributed by atoms with Crippen molar-refractivity contribution in [1.29, 1.82) is 0 Å². The number of aromatic nitrogens is 2. The van der Waals surface area contributed by atoms with Gasteiger partial charge in [-0.25, -0.2) is 4.98 Å². The fourth-order valence-corrected chi connectivity index (χ4v) is 3.47. The summed E-state index contributed by atoms with van der Waals surface area (Å²) in [5.74, 6) is 1.98. The summed E-state index contributed by atoms with van der Waals surface area (Å²) < 4.78 is 8.08. The minimum absolute atomic E-state index is 0.187. The minimum atomic E-state index is -0.187. The van der Waals surface area contributed by atoms with Gasteiger partial charge in [-0.2, -0.15) is 9.78 Å². The van der Waals surface area contributed by atoms with Gasteiger partial charge in [0.2, 0.25) is 0 Å². The molecular formula is C23H20BrN3O2. The van der Waals surface area contributed by atoms with Gasteiger partial charge in [-0.3, -0.25) is 4.79 Å². The Morgan fingerprint density at radius 3 is 2.76 bits per heavy atom. The number of nitrogens with zero attached hydrogens (tertiary/aromatic N) is 3. The van der Waals surface area contributed by atoms with Crippen molar-refractivity contribution in [3.8, 4) is 11.3 Å². The van der Waals surface area contributed by atoms with Gasteiger partial charge in [0.25, 0.3) is 5.56 Å². The lowest BCUT2D eigenvalue weighted by Gasteiger charge is -2.08. The topological polar surface area (TPSA) is 60.4 Å². The average molecular weight is 450 g/mol. The number of unbranched alkanes of at least 4 members (excludes halogenated alkanes) is 1. The quantitative estimate of drug-likeness (QED) is 0.357. The summed E-state index contributed by atoms with van der Waals surface area (Å²) in [6, 6.07) is 19.1. The van der Waals surface area contributed by atoms with E-state index in [1.165, 1.54) is 4.68 Å². The molecule has 2 aromatic carbocycles. The van der Waals surface area contributed by atoms with Gasteiger partial charge in [0.1, 0.15) is 17.3 Å². The summed E-state index contributed by atoms with van der Waals surface area (Å²) >= 11 is 3.42. The minimum Gasteiger partial charge on any atom is -0.455 e. The summed E-state index contributed by atoms with van der Waals surface area (Å²) in [5, 5.41) is 4.95. The van der Waals surface area contributed by atoms with E-state index in [1.54, 1.807) is 12.3 Å². The lowest BCUT2D eigenvalue weighted by Crippen LogP contribution is -2.22. The van der Waals surface area contributed by atoms with Crippen LogP contribution in [0.25, 0.3) is 22.2 Å². The van der Waals surface area contributed by atoms with Crippen molar-refractivity contribution in [2.45, 2.75) is 26.2 Å². The molecule has 0 spiro atoms. The van der Waals surface area contributed by atoms with Crippen molar-refractivity contribution >= 4 is 33.0 Å². The molecule has 0 radical (unpaired) electrons. The highest BCUT2D eigenvalue weighted by atomic mass is 79.9. The number of rotatable bonds is 6. The maximum absolute atomic E-state index is 13.1. The molecule has 0 aliphatic heterocycles. The maximum atomic E-state index is 13.1. The highest BCUT2D eigenvalue weighted by Crippen LogP contribution is 2.21. The molecule has 4 aromatic rings. The number of benzene rings is 2. The van der Waals surface area contributed by atoms with Gasteiger partial charge in [0.15, 0.2) is 0 Å². The number of furan rings is 1. The summed E-state index contributed by atoms with van der Waals surface area (Å²) in [6.07, 6.45) is 4.19. The van der Waals surface area contributed by atoms with E-state index >= 15 is 0 Å². The highest BCUT2D eigenvalue weighted by Gasteiger charge is 2.11. The molecule has 0 saturated heterocycles. The van der Waals surface area contributed by atoms with Crippen molar-refractivity contribution in [1.82, 2.24) is 9.66 Å². The molecule has 6 heteroatoms. The molecule has 0 aliphatic rings. The molecule has 0 fully saturated rings. The van der Waals surface area contributed by atoms with Gasteiger partial charge in [-0.05, 0) is 36.8 Å². The van der Waals surface area contributed by atoms with Crippen molar-refractivity contribution in [3.63, 3.8) is 0 Å². The zero-order valence-electron chi connectivity index (χ0n) is 16.0. The monoisotopic (exact) mass is 449 g/mol. The van der Waals surface area contributed by atoms with Gasteiger partial charge in [-0.15, -0.1) is 0 Å². The molecule has 2 heterocycles. The molecular weight excluding hydrogens is 430 g/mol. The second-order valence-corrected chi connectivity index (χ2v) is 7.64. The van der Waals surface area contributed by atoms with E-state index in [9.17, 15) is 4.79 Å². The molecule has 0 bridgehead atoms. The normalized spacial score (nSPS) is 11.5. The smallest absolute Gasteiger partial charge is 0.282 e. The Hall–Kier alpha value is -2.99. The van der Waals surface area contributed by atoms with Crippen LogP contribution in [-0.4, -0.2) is 15.9 Å². The summed E-state index contributed by atoms with van der Waals surface area (Å²) in [4.78, 5) is 17.7. The van der Waals surface area contributed by atoms with E-state index in [-0.39, 0.29) is 5.56 Å². The highest BCUT2D eigenvalue weighted by molar-refractivity contribution is 9.10. The third-order valence-electron chi connectivity index (χ3n) is 4.61. The first kappa shape index (κ1) is 19.3. The molecule has 0 unspecified atom stereocenters. The van der Waals surface area contributed by atoms with Crippen molar-refractivity contribution < 1.29 is 4.42 Å². The van der Waals surface area contributed by atoms with Gasteiger partial charge in [-0.1, -0.05) is 59.6 Å². The number of hydrogen-bond acceptors (Lipinski definition) is 4. The predicted molar refractivity (Wildman–Crippen MR) is 119 cm³/mol. The Morgan fingerprint density at radius 2 is 1.97 bits per heavy atom. The van der Waals surface area contributed by atoms with Gasteiger partial charge in [0, 0.05) is 16.5 Å². The van der Waals surface area contributed by atoms with E-state index in [2.05, 4.69) is 32.9 Å². The van der Waals surface area contributed by atoms with E-state index in [4.69, 9.17) is 4.42 Å². The second-order valence-electron chi connectivity index (χ2n) is 6.72. The van der Waals surface area contributed by atoms with Crippen LogP contribution in [-0.2, 0) is 6.42 Å². The van der Waals surface area contributed by atoms with Crippen LogP contribution in [0.1, 0.15) is 31.4 Å². The van der Waals surface area contributed by atoms with Crippen LogP contribution in [0.3, 0.4) is 0 Å². The Balaban J connectivity index is 1.73. The maximum Gasteiger partial charge on any atom is 0.282 e. The summed E-state index contributed by atoms with van der Waals surface area (Å²) in [6.45, 7) is 2.11. The third-order valence-corrected chi connectivity index (χ3v) is 5.11. The number of aryl methyl sites for hydroxylation is 1. The third kappa shape index (κ3) is 4.22. The number of fused-ring (bicyclic) bond motifs is 1. The number of halogens is 1. The molecule has 0 amide bonds.